The SMILES string of the molecule is COc1ccc(CCCc2nn[nH]n2)cc1C. The third-order valence-electron chi connectivity index (χ3n) is 2.71. The summed E-state index contributed by atoms with van der Waals surface area (Å²) in [7, 11) is 1.69. The predicted octanol–water partition coefficient (Wildman–Crippen LogP) is 1.69. The van der Waals surface area contributed by atoms with Crippen LogP contribution in [-0.4, -0.2) is 27.7 Å². The van der Waals surface area contributed by atoms with Crippen LogP contribution in [-0.2, 0) is 12.8 Å². The number of methoxy groups -OCH3 is 1. The molecule has 0 atom stereocenters. The number of rotatable bonds is 5. The molecule has 1 heterocycles. The Hall–Kier alpha value is -1.91. The van der Waals surface area contributed by atoms with E-state index in [1.54, 1.807) is 7.11 Å². The molecule has 0 spiro atoms. The monoisotopic (exact) mass is 232 g/mol. The van der Waals surface area contributed by atoms with Crippen LogP contribution in [0.5, 0.6) is 5.75 Å². The molecule has 0 aliphatic carbocycles. The highest BCUT2D eigenvalue weighted by atomic mass is 16.5. The number of aromatic amines is 1. The number of H-pyrrole nitrogens is 1. The Morgan fingerprint density at radius 2 is 2.18 bits per heavy atom. The van der Waals surface area contributed by atoms with E-state index in [1.807, 2.05) is 6.07 Å². The van der Waals surface area contributed by atoms with Crippen molar-refractivity contribution in [2.75, 3.05) is 7.11 Å². The fraction of sp³-hybridized carbons (Fsp3) is 0.417. The Labute approximate surface area is 100 Å². The fourth-order valence-electron chi connectivity index (χ4n) is 1.84. The van der Waals surface area contributed by atoms with Crippen LogP contribution in [0, 0.1) is 6.92 Å². The Morgan fingerprint density at radius 3 is 2.82 bits per heavy atom. The second-order valence-electron chi connectivity index (χ2n) is 3.99. The number of ether oxygens (including phenoxy) is 1. The Balaban J connectivity index is 1.89. The van der Waals surface area contributed by atoms with Crippen LogP contribution in [0.2, 0.25) is 0 Å². The molecule has 0 aliphatic rings. The maximum Gasteiger partial charge on any atom is 0.174 e. The maximum atomic E-state index is 5.23. The van der Waals surface area contributed by atoms with Crippen molar-refractivity contribution in [3.63, 3.8) is 0 Å². The average Bonchev–Trinajstić information content (AvgIpc) is 2.82. The van der Waals surface area contributed by atoms with E-state index in [2.05, 4.69) is 39.7 Å². The smallest absolute Gasteiger partial charge is 0.174 e. The molecule has 0 fully saturated rings. The lowest BCUT2D eigenvalue weighted by molar-refractivity contribution is 0.411. The number of aromatic nitrogens is 4. The van der Waals surface area contributed by atoms with Gasteiger partial charge in [0, 0.05) is 6.42 Å². The van der Waals surface area contributed by atoms with Gasteiger partial charge in [-0.05, 0) is 37.0 Å². The normalized spacial score (nSPS) is 10.5. The summed E-state index contributed by atoms with van der Waals surface area (Å²) >= 11 is 0. The molecule has 0 saturated heterocycles. The summed E-state index contributed by atoms with van der Waals surface area (Å²) in [5.74, 6) is 1.71. The topological polar surface area (TPSA) is 63.7 Å². The van der Waals surface area contributed by atoms with Crippen LogP contribution in [0.15, 0.2) is 18.2 Å². The number of nitrogens with one attached hydrogen (secondary N) is 1. The first kappa shape index (κ1) is 11.6. The van der Waals surface area contributed by atoms with E-state index in [0.29, 0.717) is 0 Å². The van der Waals surface area contributed by atoms with Crippen LogP contribution < -0.4 is 4.74 Å². The molecule has 2 rings (SSSR count). The summed E-state index contributed by atoms with van der Waals surface area (Å²) in [6, 6.07) is 6.27. The Kier molecular flexibility index (Phi) is 3.69. The highest BCUT2D eigenvalue weighted by molar-refractivity contribution is 5.36. The zero-order valence-corrected chi connectivity index (χ0v) is 10.1. The van der Waals surface area contributed by atoms with Gasteiger partial charge in [0.2, 0.25) is 0 Å². The molecule has 0 radical (unpaired) electrons. The zero-order chi connectivity index (χ0) is 12.1. The standard InChI is InChI=1S/C12H16N4O/c1-9-8-10(6-7-11(9)17-2)4-3-5-12-13-15-16-14-12/h6-8H,3-5H2,1-2H3,(H,13,14,15,16). The van der Waals surface area contributed by atoms with E-state index in [9.17, 15) is 0 Å². The first-order chi connectivity index (χ1) is 8.29. The predicted molar refractivity (Wildman–Crippen MR) is 63.9 cm³/mol. The molecule has 1 N–H and O–H groups in total. The van der Waals surface area contributed by atoms with E-state index < -0.39 is 0 Å². The molecule has 0 bridgehead atoms. The van der Waals surface area contributed by atoms with E-state index >= 15 is 0 Å². The number of tetrazole rings is 1. The van der Waals surface area contributed by atoms with Gasteiger partial charge in [0.1, 0.15) is 5.75 Å². The quantitative estimate of drug-likeness (QED) is 0.852. The van der Waals surface area contributed by atoms with Crippen molar-refractivity contribution >= 4 is 0 Å². The minimum atomic E-state index is 0.773. The second kappa shape index (κ2) is 5.43. The van der Waals surface area contributed by atoms with Gasteiger partial charge in [0.25, 0.3) is 0 Å². The number of nitrogens with zero attached hydrogens (tertiary/aromatic N) is 3. The van der Waals surface area contributed by atoms with E-state index in [0.717, 1.165) is 30.8 Å². The van der Waals surface area contributed by atoms with Crippen molar-refractivity contribution < 1.29 is 4.74 Å². The van der Waals surface area contributed by atoms with Crippen molar-refractivity contribution in [3.8, 4) is 5.75 Å². The first-order valence-corrected chi connectivity index (χ1v) is 5.65. The van der Waals surface area contributed by atoms with Gasteiger partial charge in [-0.1, -0.05) is 17.3 Å². The van der Waals surface area contributed by atoms with Gasteiger partial charge in [-0.25, -0.2) is 0 Å². The van der Waals surface area contributed by atoms with Crippen LogP contribution >= 0.6 is 0 Å². The molecular formula is C12H16N4O. The lowest BCUT2D eigenvalue weighted by Crippen LogP contribution is -1.94. The molecule has 1 aromatic heterocycles. The third-order valence-corrected chi connectivity index (χ3v) is 2.71. The van der Waals surface area contributed by atoms with E-state index in [1.165, 1.54) is 11.1 Å². The second-order valence-corrected chi connectivity index (χ2v) is 3.99. The van der Waals surface area contributed by atoms with E-state index in [4.69, 9.17) is 4.74 Å². The lowest BCUT2D eigenvalue weighted by atomic mass is 10.1. The lowest BCUT2D eigenvalue weighted by Gasteiger charge is -2.06. The first-order valence-electron chi connectivity index (χ1n) is 5.65. The van der Waals surface area contributed by atoms with E-state index in [-0.39, 0.29) is 0 Å². The molecule has 5 heteroatoms. The van der Waals surface area contributed by atoms with Crippen LogP contribution in [0.4, 0.5) is 0 Å². The number of hydrogen-bond acceptors (Lipinski definition) is 4. The summed E-state index contributed by atoms with van der Waals surface area (Å²) in [6.45, 7) is 2.06. The fourth-order valence-corrected chi connectivity index (χ4v) is 1.84. The summed E-state index contributed by atoms with van der Waals surface area (Å²) in [5, 5.41) is 13.8. The average molecular weight is 232 g/mol. The van der Waals surface area contributed by atoms with Crippen LogP contribution in [0.25, 0.3) is 0 Å². The van der Waals surface area contributed by atoms with Crippen LogP contribution in [0.3, 0.4) is 0 Å². The Bertz CT molecular complexity index is 467. The zero-order valence-electron chi connectivity index (χ0n) is 10.1. The molecule has 1 aromatic carbocycles. The molecule has 17 heavy (non-hydrogen) atoms. The van der Waals surface area contributed by atoms with Crippen LogP contribution in [0.1, 0.15) is 23.4 Å². The number of benzene rings is 1. The molecule has 0 saturated carbocycles. The van der Waals surface area contributed by atoms with Gasteiger partial charge >= 0.3 is 0 Å². The molecule has 5 nitrogen and oxygen atoms in total. The summed E-state index contributed by atoms with van der Waals surface area (Å²) < 4.78 is 5.23. The van der Waals surface area contributed by atoms with Crippen molar-refractivity contribution in [2.45, 2.75) is 26.2 Å². The minimum absolute atomic E-state index is 0.773. The third kappa shape index (κ3) is 3.03. The van der Waals surface area contributed by atoms with Crippen molar-refractivity contribution in [1.82, 2.24) is 20.6 Å². The largest absolute Gasteiger partial charge is 0.496 e. The summed E-state index contributed by atoms with van der Waals surface area (Å²) in [4.78, 5) is 0. The maximum absolute atomic E-state index is 5.23. The van der Waals surface area contributed by atoms with Gasteiger partial charge in [0.05, 0.1) is 7.11 Å². The van der Waals surface area contributed by atoms with Gasteiger partial charge in [0.15, 0.2) is 5.82 Å². The van der Waals surface area contributed by atoms with Gasteiger partial charge in [-0.15, -0.1) is 10.2 Å². The molecule has 0 amide bonds. The van der Waals surface area contributed by atoms with Gasteiger partial charge in [-0.2, -0.15) is 5.21 Å². The Morgan fingerprint density at radius 1 is 1.29 bits per heavy atom. The molecule has 0 unspecified atom stereocenters. The number of hydrogen-bond donors (Lipinski definition) is 1. The molecular weight excluding hydrogens is 216 g/mol. The van der Waals surface area contributed by atoms with Crippen molar-refractivity contribution in [1.29, 1.82) is 0 Å². The van der Waals surface area contributed by atoms with Gasteiger partial charge < -0.3 is 4.74 Å². The minimum Gasteiger partial charge on any atom is -0.496 e. The molecule has 90 valence electrons. The highest BCUT2D eigenvalue weighted by Gasteiger charge is 2.02. The molecule has 2 aromatic rings. The summed E-state index contributed by atoms with van der Waals surface area (Å²) in [6.07, 6.45) is 2.88. The molecule has 0 aliphatic heterocycles. The number of aryl methyl sites for hydroxylation is 3. The summed E-state index contributed by atoms with van der Waals surface area (Å²) in [5.41, 5.74) is 2.48. The highest BCUT2D eigenvalue weighted by Crippen LogP contribution is 2.19. The van der Waals surface area contributed by atoms with Crippen molar-refractivity contribution in [2.24, 2.45) is 0 Å². The van der Waals surface area contributed by atoms with Gasteiger partial charge in [-0.3, -0.25) is 0 Å². The van der Waals surface area contributed by atoms with Crippen molar-refractivity contribution in [3.05, 3.63) is 35.2 Å².